The summed E-state index contributed by atoms with van der Waals surface area (Å²) in [6.07, 6.45) is -4.58. The first-order chi connectivity index (χ1) is 12.8. The molecule has 0 aliphatic rings. The minimum atomic E-state index is -4.58. The van der Waals surface area contributed by atoms with E-state index in [0.29, 0.717) is 11.4 Å². The lowest BCUT2D eigenvalue weighted by molar-refractivity contribution is -0.137. The lowest BCUT2D eigenvalue weighted by atomic mass is 10.1. The number of amides is 1. The van der Waals surface area contributed by atoms with Gasteiger partial charge in [0.1, 0.15) is 19.0 Å². The van der Waals surface area contributed by atoms with Crippen LogP contribution in [-0.2, 0) is 15.7 Å². The van der Waals surface area contributed by atoms with Gasteiger partial charge in [0.05, 0.1) is 17.9 Å². The van der Waals surface area contributed by atoms with Gasteiger partial charge in [0.25, 0.3) is 0 Å². The lowest BCUT2D eigenvalue weighted by Crippen LogP contribution is -2.22. The number of anilines is 2. The Morgan fingerprint density at radius 3 is 2.41 bits per heavy atom. The van der Waals surface area contributed by atoms with E-state index in [0.717, 1.165) is 6.07 Å². The van der Waals surface area contributed by atoms with Crippen molar-refractivity contribution < 1.29 is 27.4 Å². The second kappa shape index (κ2) is 9.27. The quantitative estimate of drug-likeness (QED) is 0.706. The smallest absolute Gasteiger partial charge is 0.418 e. The third kappa shape index (κ3) is 6.49. The van der Waals surface area contributed by atoms with Crippen LogP contribution >= 0.6 is 0 Å². The summed E-state index contributed by atoms with van der Waals surface area (Å²) in [6.45, 7) is -0.0124. The highest BCUT2D eigenvalue weighted by atomic mass is 19.4. The Hall–Kier alpha value is -2.74. The van der Waals surface area contributed by atoms with Crippen LogP contribution in [0.15, 0.2) is 48.5 Å². The maximum atomic E-state index is 13.2. The third-order valence-electron chi connectivity index (χ3n) is 3.57. The van der Waals surface area contributed by atoms with Gasteiger partial charge < -0.3 is 19.7 Å². The van der Waals surface area contributed by atoms with Crippen LogP contribution in [0.4, 0.5) is 24.5 Å². The molecule has 2 aromatic rings. The number of nitrogens with zero attached hydrogens (tertiary/aromatic N) is 1. The third-order valence-corrected chi connectivity index (χ3v) is 3.57. The van der Waals surface area contributed by atoms with Gasteiger partial charge in [-0.1, -0.05) is 18.2 Å². The fourth-order valence-corrected chi connectivity index (χ4v) is 2.24. The van der Waals surface area contributed by atoms with Gasteiger partial charge in [0, 0.05) is 19.8 Å². The molecule has 0 fully saturated rings. The molecule has 0 spiro atoms. The normalized spacial score (nSPS) is 11.1. The van der Waals surface area contributed by atoms with Gasteiger partial charge in [0.2, 0.25) is 5.91 Å². The maximum Gasteiger partial charge on any atom is 0.418 e. The first-order valence-electron chi connectivity index (χ1n) is 8.21. The van der Waals surface area contributed by atoms with E-state index in [2.05, 4.69) is 5.32 Å². The molecule has 0 saturated heterocycles. The number of nitrogens with one attached hydrogen (secondary N) is 1. The second-order valence-electron chi connectivity index (χ2n) is 5.88. The molecule has 5 nitrogen and oxygen atoms in total. The monoisotopic (exact) mass is 382 g/mol. The summed E-state index contributed by atoms with van der Waals surface area (Å²) in [5.74, 6) is -0.000772. The number of carbonyl (C=O) groups excluding carboxylic acids is 1. The summed E-state index contributed by atoms with van der Waals surface area (Å²) < 4.78 is 50.3. The standard InChI is InChI=1S/C19H21F3N2O3/c1-24(2)14-8-9-17(16(12-14)19(20,21)22)23-18(25)13-26-10-11-27-15-6-4-3-5-7-15/h3-9,12H,10-11,13H2,1-2H3,(H,23,25). The summed E-state index contributed by atoms with van der Waals surface area (Å²) in [5, 5.41) is 2.25. The highest BCUT2D eigenvalue weighted by Crippen LogP contribution is 2.37. The summed E-state index contributed by atoms with van der Waals surface area (Å²) in [6, 6.07) is 12.8. The Bertz CT molecular complexity index is 750. The first kappa shape index (κ1) is 20.6. The van der Waals surface area contributed by atoms with Gasteiger partial charge in [-0.15, -0.1) is 0 Å². The largest absolute Gasteiger partial charge is 0.491 e. The number of para-hydroxylation sites is 1. The van der Waals surface area contributed by atoms with Crippen LogP contribution < -0.4 is 15.0 Å². The SMILES string of the molecule is CN(C)c1ccc(NC(=O)COCCOc2ccccc2)c(C(F)(F)F)c1. The van der Waals surface area contributed by atoms with Crippen LogP contribution in [0.1, 0.15) is 5.56 Å². The highest BCUT2D eigenvalue weighted by Gasteiger charge is 2.34. The molecule has 1 N–H and O–H groups in total. The van der Waals surface area contributed by atoms with Gasteiger partial charge in [-0.2, -0.15) is 13.2 Å². The molecule has 0 saturated carbocycles. The fourth-order valence-electron chi connectivity index (χ4n) is 2.24. The van der Waals surface area contributed by atoms with Crippen LogP contribution in [0.25, 0.3) is 0 Å². The predicted octanol–water partition coefficient (Wildman–Crippen LogP) is 3.81. The maximum absolute atomic E-state index is 13.2. The first-order valence-corrected chi connectivity index (χ1v) is 8.21. The Balaban J connectivity index is 1.86. The molecule has 0 aliphatic heterocycles. The number of benzene rings is 2. The molecule has 0 heterocycles. The van der Waals surface area contributed by atoms with E-state index in [1.54, 1.807) is 31.1 Å². The van der Waals surface area contributed by atoms with E-state index in [1.165, 1.54) is 12.1 Å². The molecule has 27 heavy (non-hydrogen) atoms. The van der Waals surface area contributed by atoms with E-state index in [-0.39, 0.29) is 25.5 Å². The Kier molecular flexibility index (Phi) is 7.06. The highest BCUT2D eigenvalue weighted by molar-refractivity contribution is 5.92. The van der Waals surface area contributed by atoms with Crippen LogP contribution in [0.5, 0.6) is 5.75 Å². The fraction of sp³-hybridized carbons (Fsp3) is 0.316. The van der Waals surface area contributed by atoms with E-state index in [4.69, 9.17) is 9.47 Å². The van der Waals surface area contributed by atoms with Crippen molar-refractivity contribution in [2.75, 3.05) is 44.1 Å². The number of hydrogen-bond acceptors (Lipinski definition) is 4. The average Bonchev–Trinajstić information content (AvgIpc) is 2.61. The van der Waals surface area contributed by atoms with Crippen molar-refractivity contribution >= 4 is 17.3 Å². The molecule has 0 unspecified atom stereocenters. The minimum Gasteiger partial charge on any atom is -0.491 e. The Morgan fingerprint density at radius 2 is 1.78 bits per heavy atom. The number of ether oxygens (including phenoxy) is 2. The zero-order chi connectivity index (χ0) is 19.9. The molecule has 0 bridgehead atoms. The van der Waals surface area contributed by atoms with Gasteiger partial charge in [-0.05, 0) is 30.3 Å². The molecule has 0 aliphatic carbocycles. The average molecular weight is 382 g/mol. The Morgan fingerprint density at radius 1 is 1.07 bits per heavy atom. The van der Waals surface area contributed by atoms with E-state index in [9.17, 15) is 18.0 Å². The zero-order valence-corrected chi connectivity index (χ0v) is 15.0. The molecule has 2 rings (SSSR count). The van der Waals surface area contributed by atoms with E-state index < -0.39 is 17.6 Å². The number of carbonyl (C=O) groups is 1. The van der Waals surface area contributed by atoms with Crippen molar-refractivity contribution in [1.82, 2.24) is 0 Å². The summed E-state index contributed by atoms with van der Waals surface area (Å²) >= 11 is 0. The van der Waals surface area contributed by atoms with Gasteiger partial charge in [0.15, 0.2) is 0 Å². The van der Waals surface area contributed by atoms with Gasteiger partial charge in [-0.25, -0.2) is 0 Å². The minimum absolute atomic E-state index is 0.133. The molecule has 1 amide bonds. The Labute approximate surface area is 155 Å². The number of rotatable bonds is 8. The van der Waals surface area contributed by atoms with Crippen LogP contribution in [0.2, 0.25) is 0 Å². The topological polar surface area (TPSA) is 50.8 Å². The van der Waals surface area contributed by atoms with Crippen molar-refractivity contribution in [3.05, 3.63) is 54.1 Å². The molecule has 2 aromatic carbocycles. The summed E-state index contributed by atoms with van der Waals surface area (Å²) in [7, 11) is 3.28. The number of alkyl halides is 3. The van der Waals surface area contributed by atoms with Crippen molar-refractivity contribution in [3.8, 4) is 5.75 Å². The zero-order valence-electron chi connectivity index (χ0n) is 15.0. The second-order valence-corrected chi connectivity index (χ2v) is 5.88. The van der Waals surface area contributed by atoms with Gasteiger partial charge >= 0.3 is 6.18 Å². The van der Waals surface area contributed by atoms with Crippen LogP contribution in [0, 0.1) is 0 Å². The predicted molar refractivity (Wildman–Crippen MR) is 97.2 cm³/mol. The van der Waals surface area contributed by atoms with Crippen LogP contribution in [-0.4, -0.2) is 39.8 Å². The summed E-state index contributed by atoms with van der Waals surface area (Å²) in [5.41, 5.74) is -0.827. The van der Waals surface area contributed by atoms with Gasteiger partial charge in [-0.3, -0.25) is 4.79 Å². The molecular weight excluding hydrogens is 361 g/mol. The van der Waals surface area contributed by atoms with Crippen molar-refractivity contribution in [2.45, 2.75) is 6.18 Å². The van der Waals surface area contributed by atoms with E-state index in [1.807, 2.05) is 18.2 Å². The number of halogens is 3. The molecular formula is C19H21F3N2O3. The molecule has 0 atom stereocenters. The molecule has 0 radical (unpaired) electrons. The van der Waals surface area contributed by atoms with Crippen LogP contribution in [0.3, 0.4) is 0 Å². The summed E-state index contributed by atoms with van der Waals surface area (Å²) in [4.78, 5) is 13.4. The molecule has 146 valence electrons. The van der Waals surface area contributed by atoms with Crippen molar-refractivity contribution in [3.63, 3.8) is 0 Å². The molecule has 0 aromatic heterocycles. The number of hydrogen-bond donors (Lipinski definition) is 1. The van der Waals surface area contributed by atoms with Crippen molar-refractivity contribution in [2.24, 2.45) is 0 Å². The molecule has 8 heteroatoms. The lowest BCUT2D eigenvalue weighted by Gasteiger charge is -2.18. The van der Waals surface area contributed by atoms with Crippen molar-refractivity contribution in [1.29, 1.82) is 0 Å². The van der Waals surface area contributed by atoms with E-state index >= 15 is 0 Å².